The molecule has 0 aromatic carbocycles. The summed E-state index contributed by atoms with van der Waals surface area (Å²) in [5.41, 5.74) is -2.32. The Balaban J connectivity index is -0.000000482. The molecular formula is C21H40O13. The van der Waals surface area contributed by atoms with Crippen LogP contribution in [0, 0.1) is 10.8 Å². The molecule has 0 saturated carbocycles. The molecule has 34 heavy (non-hydrogen) atoms. The number of carboxylic acid groups (broad SMARTS) is 2. The second-order valence-electron chi connectivity index (χ2n) is 7.52. The van der Waals surface area contributed by atoms with E-state index in [-0.39, 0.29) is 26.1 Å². The minimum Gasteiger partial charge on any atom is -0.481 e. The number of methoxy groups -OCH3 is 1. The maximum Gasteiger partial charge on any atom is 0.329 e. The van der Waals surface area contributed by atoms with E-state index in [0.717, 1.165) is 6.08 Å². The van der Waals surface area contributed by atoms with Gasteiger partial charge in [0.2, 0.25) is 0 Å². The topological polar surface area (TPSA) is 232 Å². The fraction of sp³-hybridized carbons (Fsp3) is 0.762. The summed E-state index contributed by atoms with van der Waals surface area (Å²) < 4.78 is 9.29. The number of carboxylic acids is 2. The number of carbonyl (C=O) groups is 3. The summed E-state index contributed by atoms with van der Waals surface area (Å²) in [4.78, 5) is 29.8. The minimum absolute atomic E-state index is 0.139. The van der Waals surface area contributed by atoms with Crippen LogP contribution in [0.2, 0.25) is 0 Å². The number of aliphatic hydroxyl groups excluding tert-OH is 6. The highest BCUT2D eigenvalue weighted by atomic mass is 16.5. The number of unbranched alkanes of at least 4 members (excludes halogenated alkanes) is 2. The molecule has 0 amide bonds. The van der Waals surface area contributed by atoms with Gasteiger partial charge in [0, 0.05) is 18.9 Å². The van der Waals surface area contributed by atoms with Crippen LogP contribution in [0.3, 0.4) is 0 Å². The average molecular weight is 501 g/mol. The molecule has 0 heterocycles. The molecule has 0 aliphatic rings. The first-order valence-corrected chi connectivity index (χ1v) is 10.4. The smallest absolute Gasteiger partial charge is 0.329 e. The highest BCUT2D eigenvalue weighted by Crippen LogP contribution is 2.19. The van der Waals surface area contributed by atoms with Crippen molar-refractivity contribution in [1.82, 2.24) is 0 Å². The number of ether oxygens (including phenoxy) is 2. The highest BCUT2D eigenvalue weighted by Gasteiger charge is 2.32. The SMILES string of the molecule is C=CC(=O)OC.O=C(O)CCCCCC(=O)O.OCC(CO)(CO)COCC(CO)(CO)CO. The number of aliphatic hydroxyl groups is 6. The van der Waals surface area contributed by atoms with Crippen LogP contribution in [-0.2, 0) is 23.9 Å². The lowest BCUT2D eigenvalue weighted by Crippen LogP contribution is -2.43. The van der Waals surface area contributed by atoms with Gasteiger partial charge < -0.3 is 50.3 Å². The third-order valence-corrected chi connectivity index (χ3v) is 4.48. The predicted octanol–water partition coefficient (Wildman–Crippen LogP) is -1.62. The van der Waals surface area contributed by atoms with Crippen molar-refractivity contribution in [3.8, 4) is 0 Å². The van der Waals surface area contributed by atoms with Gasteiger partial charge >= 0.3 is 17.9 Å². The Morgan fingerprint density at radius 1 is 0.706 bits per heavy atom. The third kappa shape index (κ3) is 19.3. The Kier molecular flexibility index (Phi) is 24.3. The second kappa shape index (κ2) is 22.7. The van der Waals surface area contributed by atoms with Gasteiger partial charge in [-0.05, 0) is 12.8 Å². The van der Waals surface area contributed by atoms with Gasteiger partial charge in [0.25, 0.3) is 0 Å². The molecule has 0 unspecified atom stereocenters. The van der Waals surface area contributed by atoms with Crippen LogP contribution in [0.1, 0.15) is 32.1 Å². The van der Waals surface area contributed by atoms with E-state index in [4.69, 9.17) is 45.6 Å². The zero-order valence-electron chi connectivity index (χ0n) is 19.6. The quantitative estimate of drug-likeness (QED) is 0.0638. The van der Waals surface area contributed by atoms with Gasteiger partial charge in [0.15, 0.2) is 0 Å². The lowest BCUT2D eigenvalue weighted by atomic mass is 9.91. The first kappa shape index (κ1) is 36.4. The lowest BCUT2D eigenvalue weighted by Gasteiger charge is -2.31. The molecule has 0 saturated heterocycles. The van der Waals surface area contributed by atoms with Crippen LogP contribution in [0.4, 0.5) is 0 Å². The van der Waals surface area contributed by atoms with Gasteiger partial charge in [0.05, 0.1) is 70.8 Å². The van der Waals surface area contributed by atoms with Gasteiger partial charge in [-0.25, -0.2) is 4.79 Å². The Bertz CT molecular complexity index is 490. The molecule has 0 aromatic heterocycles. The maximum atomic E-state index is 9.98. The summed E-state index contributed by atoms with van der Waals surface area (Å²) in [7, 11) is 1.31. The zero-order chi connectivity index (χ0) is 27.0. The molecule has 0 spiro atoms. The fourth-order valence-corrected chi connectivity index (χ4v) is 1.87. The largest absolute Gasteiger partial charge is 0.481 e. The van der Waals surface area contributed by atoms with Crippen molar-refractivity contribution in [2.24, 2.45) is 10.8 Å². The molecule has 13 heteroatoms. The van der Waals surface area contributed by atoms with E-state index in [1.807, 2.05) is 0 Å². The van der Waals surface area contributed by atoms with Crippen LogP contribution >= 0.6 is 0 Å². The second-order valence-corrected chi connectivity index (χ2v) is 7.52. The molecule has 0 fully saturated rings. The van der Waals surface area contributed by atoms with Gasteiger partial charge in [-0.1, -0.05) is 13.0 Å². The average Bonchev–Trinajstić information content (AvgIpc) is 2.84. The summed E-state index contributed by atoms with van der Waals surface area (Å²) in [5.74, 6) is -2.03. The van der Waals surface area contributed by atoms with Gasteiger partial charge in [0.1, 0.15) is 0 Å². The summed E-state index contributed by atoms with van der Waals surface area (Å²) in [5, 5.41) is 70.6. The maximum absolute atomic E-state index is 9.98. The number of esters is 1. The van der Waals surface area contributed by atoms with Gasteiger partial charge in [-0.2, -0.15) is 0 Å². The van der Waals surface area contributed by atoms with E-state index in [1.54, 1.807) is 0 Å². The van der Waals surface area contributed by atoms with Crippen molar-refractivity contribution < 1.29 is 64.7 Å². The van der Waals surface area contributed by atoms with Crippen molar-refractivity contribution >= 4 is 17.9 Å². The Labute approximate surface area is 198 Å². The van der Waals surface area contributed by atoms with E-state index in [0.29, 0.717) is 19.3 Å². The minimum atomic E-state index is -1.16. The van der Waals surface area contributed by atoms with Crippen LogP contribution in [0.25, 0.3) is 0 Å². The summed E-state index contributed by atoms with van der Waals surface area (Å²) >= 11 is 0. The monoisotopic (exact) mass is 500 g/mol. The summed E-state index contributed by atoms with van der Waals surface area (Å²) in [6.07, 6.45) is 3.21. The van der Waals surface area contributed by atoms with Gasteiger partial charge in [-0.15, -0.1) is 0 Å². The highest BCUT2D eigenvalue weighted by molar-refractivity contribution is 5.80. The molecule has 13 nitrogen and oxygen atoms in total. The first-order chi connectivity index (χ1) is 16.0. The van der Waals surface area contributed by atoms with E-state index in [2.05, 4.69) is 11.3 Å². The molecule has 0 radical (unpaired) electrons. The molecule has 0 rings (SSSR count). The van der Waals surface area contributed by atoms with Crippen molar-refractivity contribution in [3.05, 3.63) is 12.7 Å². The number of hydrogen-bond donors (Lipinski definition) is 8. The number of hydrogen-bond acceptors (Lipinski definition) is 11. The first-order valence-electron chi connectivity index (χ1n) is 10.4. The van der Waals surface area contributed by atoms with Crippen LogP contribution in [-0.4, -0.2) is 119 Å². The Morgan fingerprint density at radius 3 is 1.21 bits per heavy atom. The van der Waals surface area contributed by atoms with Crippen LogP contribution in [0.15, 0.2) is 12.7 Å². The normalized spacial score (nSPS) is 10.8. The van der Waals surface area contributed by atoms with Gasteiger partial charge in [-0.3, -0.25) is 9.59 Å². The fourth-order valence-electron chi connectivity index (χ4n) is 1.87. The Hall–Kier alpha value is -2.13. The molecule has 8 N–H and O–H groups in total. The molecule has 0 aromatic rings. The van der Waals surface area contributed by atoms with Crippen molar-refractivity contribution in [2.75, 3.05) is 60.0 Å². The van der Waals surface area contributed by atoms with E-state index in [1.165, 1.54) is 7.11 Å². The molecule has 0 aliphatic heterocycles. The van der Waals surface area contributed by atoms with Crippen LogP contribution < -0.4 is 0 Å². The van der Waals surface area contributed by atoms with Crippen molar-refractivity contribution in [2.45, 2.75) is 32.1 Å². The van der Waals surface area contributed by atoms with Crippen molar-refractivity contribution in [3.63, 3.8) is 0 Å². The number of aliphatic carboxylic acids is 2. The third-order valence-electron chi connectivity index (χ3n) is 4.48. The van der Waals surface area contributed by atoms with Crippen molar-refractivity contribution in [1.29, 1.82) is 0 Å². The lowest BCUT2D eigenvalue weighted by molar-refractivity contribution is -0.137. The number of rotatable bonds is 17. The molecule has 202 valence electrons. The Morgan fingerprint density at radius 2 is 1.03 bits per heavy atom. The molecule has 0 aliphatic carbocycles. The zero-order valence-corrected chi connectivity index (χ0v) is 19.6. The summed E-state index contributed by atoms with van der Waals surface area (Å²) in [6.45, 7) is 0.152. The van der Waals surface area contributed by atoms with E-state index >= 15 is 0 Å². The standard InChI is InChI=1S/C10H22O7.C7H12O4.C4H6O2/c11-1-9(2-12,3-13)7-17-8-10(4-14,5-15)6-16;8-6(9)4-2-1-3-5-7(10)11;1-3-4(5)6-2/h11-16H,1-8H2;1-5H2,(H,8,9)(H,10,11);3H,1H2,2H3. The predicted molar refractivity (Wildman–Crippen MR) is 119 cm³/mol. The molecule has 0 bridgehead atoms. The van der Waals surface area contributed by atoms with E-state index < -0.39 is 68.4 Å². The number of carbonyl (C=O) groups excluding carboxylic acids is 1. The van der Waals surface area contributed by atoms with E-state index in [9.17, 15) is 14.4 Å². The van der Waals surface area contributed by atoms with Crippen LogP contribution in [0.5, 0.6) is 0 Å². The summed E-state index contributed by atoms with van der Waals surface area (Å²) in [6, 6.07) is 0. The molecular weight excluding hydrogens is 460 g/mol. The molecule has 0 atom stereocenters.